The first kappa shape index (κ1) is 23.5. The minimum Gasteiger partial charge on any atom is -0.487 e. The molecule has 0 amide bonds. The van der Waals surface area contributed by atoms with Gasteiger partial charge in [0.15, 0.2) is 11.6 Å². The van der Waals surface area contributed by atoms with Crippen molar-refractivity contribution in [3.8, 4) is 5.75 Å². The summed E-state index contributed by atoms with van der Waals surface area (Å²) in [5, 5.41) is 1.36. The van der Waals surface area contributed by atoms with Crippen LogP contribution in [-0.2, 0) is 16.2 Å². The molecule has 0 bridgehead atoms. The Balaban J connectivity index is 1.68. The maximum Gasteiger partial charge on any atom is 0.161 e. The zero-order valence-electron chi connectivity index (χ0n) is 18.8. The molecule has 0 atom stereocenters. The standard InChI is InChI=1S/C27H24Cl3NO3/c1-31-20-8-4-10-22(32)25(20)24(26-21(31)9-5-11-23(26)33)17-12-16(28)13-19(30)27(17)34-14-15-6-2-3-7-18(15)29/h2-3,6-7,12-13,24H,4-5,8-11,14H2,1H3. The number of halogens is 3. The summed E-state index contributed by atoms with van der Waals surface area (Å²) in [7, 11) is 1.97. The highest BCUT2D eigenvalue weighted by Crippen LogP contribution is 2.52. The number of hydrogen-bond acceptors (Lipinski definition) is 4. The van der Waals surface area contributed by atoms with E-state index in [-0.39, 0.29) is 18.2 Å². The van der Waals surface area contributed by atoms with Crippen LogP contribution < -0.4 is 4.74 Å². The van der Waals surface area contributed by atoms with Gasteiger partial charge in [0.2, 0.25) is 0 Å². The zero-order chi connectivity index (χ0) is 24.0. The monoisotopic (exact) mass is 515 g/mol. The molecule has 4 nitrogen and oxygen atoms in total. The van der Waals surface area contributed by atoms with E-state index >= 15 is 0 Å². The van der Waals surface area contributed by atoms with Crippen LogP contribution in [0.15, 0.2) is 58.9 Å². The third kappa shape index (κ3) is 4.06. The molecule has 1 aliphatic heterocycles. The molecule has 5 rings (SSSR count). The Hall–Kier alpha value is -2.27. The van der Waals surface area contributed by atoms with Crippen LogP contribution in [-0.4, -0.2) is 23.5 Å². The highest BCUT2D eigenvalue weighted by atomic mass is 35.5. The van der Waals surface area contributed by atoms with E-state index in [0.717, 1.165) is 42.6 Å². The van der Waals surface area contributed by atoms with Gasteiger partial charge in [-0.05, 0) is 43.9 Å². The van der Waals surface area contributed by atoms with Crippen LogP contribution in [0.1, 0.15) is 55.6 Å². The maximum atomic E-state index is 13.3. The summed E-state index contributed by atoms with van der Waals surface area (Å²) < 4.78 is 6.24. The lowest BCUT2D eigenvalue weighted by Gasteiger charge is -2.42. The molecule has 0 unspecified atom stereocenters. The molecular formula is C27H24Cl3NO3. The average Bonchev–Trinajstić information content (AvgIpc) is 2.80. The molecule has 0 aromatic heterocycles. The summed E-state index contributed by atoms with van der Waals surface area (Å²) in [5.74, 6) is 0.0163. The van der Waals surface area contributed by atoms with E-state index in [9.17, 15) is 9.59 Å². The summed E-state index contributed by atoms with van der Waals surface area (Å²) in [6.07, 6.45) is 4.12. The number of carbonyl (C=O) groups excluding carboxylic acids is 2. The van der Waals surface area contributed by atoms with E-state index in [1.165, 1.54) is 0 Å². The average molecular weight is 517 g/mol. The highest BCUT2D eigenvalue weighted by molar-refractivity contribution is 6.35. The van der Waals surface area contributed by atoms with Gasteiger partial charge in [-0.1, -0.05) is 53.0 Å². The Morgan fingerprint density at radius 3 is 2.12 bits per heavy atom. The summed E-state index contributed by atoms with van der Waals surface area (Å²) in [4.78, 5) is 28.7. The molecule has 176 valence electrons. The number of benzene rings is 2. The van der Waals surface area contributed by atoms with E-state index in [0.29, 0.717) is 50.4 Å². The minimum absolute atomic E-state index is 0.0659. The van der Waals surface area contributed by atoms with Crippen LogP contribution in [0, 0.1) is 0 Å². The first-order valence-corrected chi connectivity index (χ1v) is 12.6. The van der Waals surface area contributed by atoms with Crippen molar-refractivity contribution in [2.45, 2.75) is 51.0 Å². The minimum atomic E-state index is -0.542. The van der Waals surface area contributed by atoms with Crippen molar-refractivity contribution in [2.24, 2.45) is 0 Å². The van der Waals surface area contributed by atoms with Gasteiger partial charge in [-0.25, -0.2) is 0 Å². The molecule has 2 aliphatic carbocycles. The van der Waals surface area contributed by atoms with Gasteiger partial charge >= 0.3 is 0 Å². The van der Waals surface area contributed by atoms with Crippen molar-refractivity contribution in [3.05, 3.63) is 85.1 Å². The molecule has 1 heterocycles. The van der Waals surface area contributed by atoms with Crippen molar-refractivity contribution < 1.29 is 14.3 Å². The summed E-state index contributed by atoms with van der Waals surface area (Å²) in [6.45, 7) is 0.195. The van der Waals surface area contributed by atoms with Gasteiger partial charge in [-0.3, -0.25) is 9.59 Å². The highest BCUT2D eigenvalue weighted by Gasteiger charge is 2.43. The second-order valence-corrected chi connectivity index (χ2v) is 10.2. The Bertz CT molecular complexity index is 1220. The second-order valence-electron chi connectivity index (χ2n) is 8.95. The molecule has 0 N–H and O–H groups in total. The predicted molar refractivity (Wildman–Crippen MR) is 135 cm³/mol. The van der Waals surface area contributed by atoms with Gasteiger partial charge < -0.3 is 9.64 Å². The summed E-state index contributed by atoms with van der Waals surface area (Å²) in [5.41, 5.74) is 4.79. The normalized spacial score (nSPS) is 18.9. The van der Waals surface area contributed by atoms with Crippen molar-refractivity contribution in [1.82, 2.24) is 4.90 Å². The van der Waals surface area contributed by atoms with Gasteiger partial charge in [0.1, 0.15) is 12.4 Å². The fraction of sp³-hybridized carbons (Fsp3) is 0.333. The Labute approximate surface area is 214 Å². The number of carbonyl (C=O) groups is 2. The first-order valence-electron chi connectivity index (χ1n) is 11.5. The van der Waals surface area contributed by atoms with Crippen molar-refractivity contribution >= 4 is 46.4 Å². The fourth-order valence-corrected chi connectivity index (χ4v) is 6.13. The van der Waals surface area contributed by atoms with Gasteiger partial charge in [0, 0.05) is 69.5 Å². The lowest BCUT2D eigenvalue weighted by Crippen LogP contribution is -2.37. The molecule has 0 saturated heterocycles. The Morgan fingerprint density at radius 2 is 1.50 bits per heavy atom. The van der Waals surface area contributed by atoms with E-state index in [1.54, 1.807) is 18.2 Å². The molecule has 34 heavy (non-hydrogen) atoms. The Kier molecular flexibility index (Phi) is 6.49. The number of Topliss-reactive ketones (excluding diaryl/α,β-unsaturated/α-hetero) is 2. The zero-order valence-corrected chi connectivity index (χ0v) is 21.1. The number of ketones is 2. The number of rotatable bonds is 4. The van der Waals surface area contributed by atoms with Crippen LogP contribution in [0.4, 0.5) is 0 Å². The second kappa shape index (κ2) is 9.41. The number of ether oxygens (including phenoxy) is 1. The van der Waals surface area contributed by atoms with Crippen LogP contribution in [0.2, 0.25) is 15.1 Å². The number of hydrogen-bond donors (Lipinski definition) is 0. The largest absolute Gasteiger partial charge is 0.487 e. The molecule has 2 aromatic rings. The molecule has 3 aliphatic rings. The molecule has 0 radical (unpaired) electrons. The van der Waals surface area contributed by atoms with Crippen LogP contribution in [0.3, 0.4) is 0 Å². The maximum absolute atomic E-state index is 13.3. The van der Waals surface area contributed by atoms with Gasteiger partial charge in [-0.15, -0.1) is 0 Å². The molecule has 0 saturated carbocycles. The van der Waals surface area contributed by atoms with Crippen molar-refractivity contribution in [3.63, 3.8) is 0 Å². The van der Waals surface area contributed by atoms with E-state index in [2.05, 4.69) is 4.90 Å². The third-order valence-electron chi connectivity index (χ3n) is 6.92. The molecule has 0 fully saturated rings. The van der Waals surface area contributed by atoms with Gasteiger partial charge in [0.05, 0.1) is 5.02 Å². The van der Waals surface area contributed by atoms with Gasteiger partial charge in [-0.2, -0.15) is 0 Å². The third-order valence-corrected chi connectivity index (χ3v) is 7.79. The molecule has 7 heteroatoms. The number of nitrogens with zero attached hydrogens (tertiary/aromatic N) is 1. The number of allylic oxidation sites excluding steroid dienone is 4. The molecular weight excluding hydrogens is 493 g/mol. The fourth-order valence-electron chi connectivity index (χ4n) is 5.38. The predicted octanol–water partition coefficient (Wildman–Crippen LogP) is 7.27. The summed E-state index contributed by atoms with van der Waals surface area (Å²) >= 11 is 19.5. The van der Waals surface area contributed by atoms with Crippen LogP contribution in [0.5, 0.6) is 5.75 Å². The van der Waals surface area contributed by atoms with Crippen LogP contribution in [0.25, 0.3) is 0 Å². The SMILES string of the molecule is CN1C2=C(C(=O)CCC2)C(c2cc(Cl)cc(Cl)c2OCc2ccccc2Cl)C2=C1CCCC2=O. The molecule has 0 spiro atoms. The van der Waals surface area contributed by atoms with E-state index in [4.69, 9.17) is 39.5 Å². The lowest BCUT2D eigenvalue weighted by atomic mass is 9.71. The van der Waals surface area contributed by atoms with Crippen molar-refractivity contribution in [1.29, 1.82) is 0 Å². The smallest absolute Gasteiger partial charge is 0.161 e. The summed E-state index contributed by atoms with van der Waals surface area (Å²) in [6, 6.07) is 10.8. The van der Waals surface area contributed by atoms with Crippen molar-refractivity contribution in [2.75, 3.05) is 7.05 Å². The molecule has 2 aromatic carbocycles. The quantitative estimate of drug-likeness (QED) is 0.429. The Morgan fingerprint density at radius 1 is 0.882 bits per heavy atom. The van der Waals surface area contributed by atoms with E-state index < -0.39 is 5.92 Å². The lowest BCUT2D eigenvalue weighted by molar-refractivity contribution is -0.117. The van der Waals surface area contributed by atoms with Crippen LogP contribution >= 0.6 is 34.8 Å². The van der Waals surface area contributed by atoms with Gasteiger partial charge in [0.25, 0.3) is 0 Å². The first-order chi connectivity index (χ1) is 16.4. The topological polar surface area (TPSA) is 46.6 Å². The van der Waals surface area contributed by atoms with E-state index in [1.807, 2.05) is 25.2 Å².